The predicted molar refractivity (Wildman–Crippen MR) is 89.9 cm³/mol. The fraction of sp³-hybridized carbons (Fsp3) is 0.875. The van der Waals surface area contributed by atoms with Crippen molar-refractivity contribution in [3.8, 4) is 0 Å². The standard InChI is InChI=1S/C16H28N2O5S/c1-2-24(22,23)18-10-7-14(8-11-18)16(21)17-9-3-4-13(12-17)5-6-15(19)20/h13-14H,2-12H2,1H3,(H,19,20). The zero-order valence-electron chi connectivity index (χ0n) is 14.3. The SMILES string of the molecule is CCS(=O)(=O)N1CCC(C(=O)N2CCCC(CCC(=O)O)C2)CC1. The maximum atomic E-state index is 12.7. The van der Waals surface area contributed by atoms with Crippen molar-refractivity contribution in [3.63, 3.8) is 0 Å². The lowest BCUT2D eigenvalue weighted by Crippen LogP contribution is -2.47. The molecule has 2 saturated heterocycles. The van der Waals surface area contributed by atoms with Crippen LogP contribution in [-0.2, 0) is 19.6 Å². The number of amides is 1. The Kier molecular flexibility index (Phi) is 6.62. The molecular formula is C16H28N2O5S. The number of rotatable bonds is 6. The number of sulfonamides is 1. The zero-order chi connectivity index (χ0) is 17.7. The average molecular weight is 360 g/mol. The number of hydrogen-bond donors (Lipinski definition) is 1. The summed E-state index contributed by atoms with van der Waals surface area (Å²) in [4.78, 5) is 25.3. The molecule has 2 aliphatic heterocycles. The van der Waals surface area contributed by atoms with Crippen LogP contribution in [0.2, 0.25) is 0 Å². The number of aliphatic carboxylic acids is 1. The Labute approximate surface area is 144 Å². The van der Waals surface area contributed by atoms with E-state index < -0.39 is 16.0 Å². The van der Waals surface area contributed by atoms with E-state index in [2.05, 4.69) is 0 Å². The van der Waals surface area contributed by atoms with E-state index in [4.69, 9.17) is 5.11 Å². The normalized spacial score (nSPS) is 24.0. The van der Waals surface area contributed by atoms with Gasteiger partial charge in [0.2, 0.25) is 15.9 Å². The molecule has 2 rings (SSSR count). The minimum Gasteiger partial charge on any atom is -0.481 e. The molecule has 0 aromatic carbocycles. The van der Waals surface area contributed by atoms with Crippen LogP contribution in [0, 0.1) is 11.8 Å². The third-order valence-corrected chi connectivity index (χ3v) is 7.04. The molecule has 0 aromatic rings. The first-order valence-electron chi connectivity index (χ1n) is 8.82. The van der Waals surface area contributed by atoms with Gasteiger partial charge in [0.05, 0.1) is 5.75 Å². The van der Waals surface area contributed by atoms with Crippen LogP contribution in [0.1, 0.15) is 45.4 Å². The second kappa shape index (κ2) is 8.29. The largest absolute Gasteiger partial charge is 0.481 e. The molecule has 0 saturated carbocycles. The van der Waals surface area contributed by atoms with Crippen molar-refractivity contribution in [1.82, 2.24) is 9.21 Å². The smallest absolute Gasteiger partial charge is 0.303 e. The van der Waals surface area contributed by atoms with Gasteiger partial charge in [-0.15, -0.1) is 0 Å². The summed E-state index contributed by atoms with van der Waals surface area (Å²) in [5, 5.41) is 8.80. The quantitative estimate of drug-likeness (QED) is 0.767. The van der Waals surface area contributed by atoms with Gasteiger partial charge >= 0.3 is 5.97 Å². The van der Waals surface area contributed by atoms with Gasteiger partial charge in [0.1, 0.15) is 0 Å². The van der Waals surface area contributed by atoms with Crippen LogP contribution < -0.4 is 0 Å². The highest BCUT2D eigenvalue weighted by Gasteiger charge is 2.33. The first kappa shape index (κ1) is 19.2. The van der Waals surface area contributed by atoms with E-state index >= 15 is 0 Å². The first-order chi connectivity index (χ1) is 11.3. The number of nitrogens with zero attached hydrogens (tertiary/aromatic N) is 2. The second-order valence-corrected chi connectivity index (χ2v) is 9.06. The Morgan fingerprint density at radius 2 is 1.79 bits per heavy atom. The van der Waals surface area contributed by atoms with E-state index in [9.17, 15) is 18.0 Å². The molecule has 1 unspecified atom stereocenters. The van der Waals surface area contributed by atoms with E-state index in [1.807, 2.05) is 4.90 Å². The van der Waals surface area contributed by atoms with Gasteiger partial charge < -0.3 is 10.0 Å². The fourth-order valence-electron chi connectivity index (χ4n) is 3.65. The highest BCUT2D eigenvalue weighted by Crippen LogP contribution is 2.26. The number of likely N-dealkylation sites (tertiary alicyclic amines) is 1. The minimum atomic E-state index is -3.17. The van der Waals surface area contributed by atoms with E-state index in [-0.39, 0.29) is 29.9 Å². The predicted octanol–water partition coefficient (Wildman–Crippen LogP) is 1.15. The number of carboxylic acid groups (broad SMARTS) is 1. The lowest BCUT2D eigenvalue weighted by atomic mass is 9.90. The Bertz CT molecular complexity index is 555. The molecule has 0 radical (unpaired) electrons. The summed E-state index contributed by atoms with van der Waals surface area (Å²) < 4.78 is 25.3. The van der Waals surface area contributed by atoms with Gasteiger partial charge in [-0.2, -0.15) is 0 Å². The van der Waals surface area contributed by atoms with Crippen LogP contribution >= 0.6 is 0 Å². The van der Waals surface area contributed by atoms with Gasteiger partial charge in [-0.05, 0) is 44.9 Å². The second-order valence-electron chi connectivity index (χ2n) is 6.80. The Morgan fingerprint density at radius 1 is 1.12 bits per heavy atom. The number of carbonyl (C=O) groups is 2. The van der Waals surface area contributed by atoms with Crippen molar-refractivity contribution in [2.75, 3.05) is 31.9 Å². The maximum Gasteiger partial charge on any atom is 0.303 e. The van der Waals surface area contributed by atoms with E-state index in [1.165, 1.54) is 4.31 Å². The summed E-state index contributed by atoms with van der Waals surface area (Å²) in [5.74, 6) is -0.416. The lowest BCUT2D eigenvalue weighted by Gasteiger charge is -2.37. The van der Waals surface area contributed by atoms with Crippen molar-refractivity contribution in [1.29, 1.82) is 0 Å². The van der Waals surface area contributed by atoms with Crippen LogP contribution in [0.5, 0.6) is 0 Å². The third kappa shape index (κ3) is 4.92. The van der Waals surface area contributed by atoms with Gasteiger partial charge in [-0.3, -0.25) is 9.59 Å². The minimum absolute atomic E-state index is 0.100. The molecule has 24 heavy (non-hydrogen) atoms. The maximum absolute atomic E-state index is 12.7. The fourth-order valence-corrected chi connectivity index (χ4v) is 4.78. The highest BCUT2D eigenvalue weighted by molar-refractivity contribution is 7.89. The molecule has 7 nitrogen and oxygen atoms in total. The topological polar surface area (TPSA) is 95.0 Å². The molecule has 2 heterocycles. The number of carboxylic acids is 1. The van der Waals surface area contributed by atoms with Gasteiger partial charge in [-0.1, -0.05) is 0 Å². The molecule has 0 aliphatic carbocycles. The van der Waals surface area contributed by atoms with Crippen LogP contribution in [0.25, 0.3) is 0 Å². The highest BCUT2D eigenvalue weighted by atomic mass is 32.2. The molecule has 1 atom stereocenters. The first-order valence-corrected chi connectivity index (χ1v) is 10.4. The molecule has 0 spiro atoms. The van der Waals surface area contributed by atoms with Crippen LogP contribution in [0.3, 0.4) is 0 Å². The van der Waals surface area contributed by atoms with Crippen molar-refractivity contribution in [2.45, 2.75) is 45.4 Å². The molecule has 0 bridgehead atoms. The van der Waals surface area contributed by atoms with Crippen LogP contribution in [0.15, 0.2) is 0 Å². The Morgan fingerprint density at radius 3 is 2.38 bits per heavy atom. The summed E-state index contributed by atoms with van der Waals surface area (Å²) in [6.45, 7) is 3.85. The molecular weight excluding hydrogens is 332 g/mol. The van der Waals surface area contributed by atoms with Crippen molar-refractivity contribution < 1.29 is 23.1 Å². The number of hydrogen-bond acceptors (Lipinski definition) is 4. The molecule has 1 amide bonds. The molecule has 2 fully saturated rings. The molecule has 138 valence electrons. The van der Waals surface area contributed by atoms with Crippen molar-refractivity contribution in [3.05, 3.63) is 0 Å². The van der Waals surface area contributed by atoms with Crippen molar-refractivity contribution in [2.24, 2.45) is 11.8 Å². The zero-order valence-corrected chi connectivity index (χ0v) is 15.1. The summed E-state index contributed by atoms with van der Waals surface area (Å²) in [5.41, 5.74) is 0. The van der Waals surface area contributed by atoms with Gasteiger partial charge in [0.15, 0.2) is 0 Å². The summed E-state index contributed by atoms with van der Waals surface area (Å²) in [6, 6.07) is 0. The Balaban J connectivity index is 1.85. The van der Waals surface area contributed by atoms with Gasteiger partial charge in [0.25, 0.3) is 0 Å². The molecule has 0 aromatic heterocycles. The Hall–Kier alpha value is -1.15. The lowest BCUT2D eigenvalue weighted by molar-refractivity contribution is -0.139. The van der Waals surface area contributed by atoms with E-state index in [1.54, 1.807) is 6.92 Å². The summed E-state index contributed by atoms with van der Waals surface area (Å²) in [6.07, 6.45) is 3.82. The number of carbonyl (C=O) groups excluding carboxylic acids is 1. The number of piperidine rings is 2. The van der Waals surface area contributed by atoms with E-state index in [0.717, 1.165) is 19.4 Å². The van der Waals surface area contributed by atoms with E-state index in [0.29, 0.717) is 38.9 Å². The third-order valence-electron chi connectivity index (χ3n) is 5.16. The summed E-state index contributed by atoms with van der Waals surface area (Å²) >= 11 is 0. The van der Waals surface area contributed by atoms with Crippen LogP contribution in [-0.4, -0.2) is 66.5 Å². The van der Waals surface area contributed by atoms with Gasteiger partial charge in [-0.25, -0.2) is 12.7 Å². The van der Waals surface area contributed by atoms with Crippen LogP contribution in [0.4, 0.5) is 0 Å². The van der Waals surface area contributed by atoms with Crippen molar-refractivity contribution >= 4 is 21.9 Å². The molecule has 1 N–H and O–H groups in total. The molecule has 2 aliphatic rings. The van der Waals surface area contributed by atoms with Gasteiger partial charge in [0, 0.05) is 38.5 Å². The molecule has 8 heteroatoms. The average Bonchev–Trinajstić information content (AvgIpc) is 2.59. The monoisotopic (exact) mass is 360 g/mol. The summed E-state index contributed by atoms with van der Waals surface area (Å²) in [7, 11) is -3.17.